The van der Waals surface area contributed by atoms with Crippen molar-refractivity contribution in [2.75, 3.05) is 7.11 Å². The number of aromatic nitrogens is 3. The van der Waals surface area contributed by atoms with Crippen molar-refractivity contribution in [2.24, 2.45) is 0 Å². The van der Waals surface area contributed by atoms with E-state index in [1.807, 2.05) is 12.1 Å². The molecule has 1 N–H and O–H groups in total. The summed E-state index contributed by atoms with van der Waals surface area (Å²) in [7, 11) is 1.53. The lowest BCUT2D eigenvalue weighted by Gasteiger charge is -2.13. The number of pyridine rings is 2. The first kappa shape index (κ1) is 18.2. The second-order valence-corrected chi connectivity index (χ2v) is 6.47. The quantitative estimate of drug-likeness (QED) is 0.536. The van der Waals surface area contributed by atoms with Gasteiger partial charge in [0.2, 0.25) is 5.88 Å². The average molecular weight is 394 g/mol. The van der Waals surface area contributed by atoms with Gasteiger partial charge in [-0.3, -0.25) is 4.98 Å². The Morgan fingerprint density at radius 3 is 2.57 bits per heavy atom. The highest BCUT2D eigenvalue weighted by atomic mass is 35.5. The zero-order valence-corrected chi connectivity index (χ0v) is 15.7. The third kappa shape index (κ3) is 3.35. The molecule has 1 aromatic carbocycles. The second kappa shape index (κ2) is 7.80. The lowest BCUT2D eigenvalue weighted by Crippen LogP contribution is -2.03. The van der Waals surface area contributed by atoms with Gasteiger partial charge in [-0.05, 0) is 30.3 Å². The number of nitrogens with zero attached hydrogens (tertiary/aromatic N) is 3. The minimum Gasteiger partial charge on any atom is -0.480 e. The number of aliphatic hydroxyl groups is 1. The molecule has 140 valence electrons. The Labute approximate surface area is 166 Å². The molecule has 4 aromatic rings. The maximum atomic E-state index is 11.2. The van der Waals surface area contributed by atoms with Crippen molar-refractivity contribution in [1.82, 2.24) is 15.1 Å². The molecule has 0 amide bonds. The molecule has 7 heteroatoms. The molecular formula is C21H16ClN3O3. The van der Waals surface area contributed by atoms with E-state index in [0.717, 1.165) is 5.56 Å². The van der Waals surface area contributed by atoms with Crippen molar-refractivity contribution in [1.29, 1.82) is 0 Å². The fourth-order valence-electron chi connectivity index (χ4n) is 2.99. The molecule has 6 nitrogen and oxygen atoms in total. The summed E-state index contributed by atoms with van der Waals surface area (Å²) >= 11 is 6.01. The largest absolute Gasteiger partial charge is 0.480 e. The molecule has 0 fully saturated rings. The fraction of sp³-hybridized carbons (Fsp3) is 0.0952. The monoisotopic (exact) mass is 393 g/mol. The van der Waals surface area contributed by atoms with Gasteiger partial charge in [0.1, 0.15) is 11.8 Å². The Bertz CT molecular complexity index is 1080. The summed E-state index contributed by atoms with van der Waals surface area (Å²) in [5.41, 5.74) is 2.98. The van der Waals surface area contributed by atoms with Crippen LogP contribution in [0.25, 0.3) is 22.6 Å². The molecule has 4 rings (SSSR count). The number of rotatable bonds is 5. The third-order valence-electron chi connectivity index (χ3n) is 4.33. The van der Waals surface area contributed by atoms with E-state index in [1.165, 1.54) is 7.11 Å². The molecule has 1 unspecified atom stereocenters. The lowest BCUT2D eigenvalue weighted by atomic mass is 9.95. The van der Waals surface area contributed by atoms with Crippen LogP contribution in [-0.2, 0) is 0 Å². The van der Waals surface area contributed by atoms with E-state index in [2.05, 4.69) is 15.1 Å². The summed E-state index contributed by atoms with van der Waals surface area (Å²) < 4.78 is 11.0. The Morgan fingerprint density at radius 2 is 1.86 bits per heavy atom. The minimum absolute atomic E-state index is 0.376. The Kier molecular flexibility index (Phi) is 5.06. The molecule has 0 aliphatic carbocycles. The van der Waals surface area contributed by atoms with Crippen LogP contribution >= 0.6 is 11.6 Å². The zero-order chi connectivity index (χ0) is 19.5. The molecule has 0 bridgehead atoms. The predicted octanol–water partition coefficient (Wildman–Crippen LogP) is 4.54. The van der Waals surface area contributed by atoms with Crippen molar-refractivity contribution >= 4 is 11.6 Å². The van der Waals surface area contributed by atoms with Crippen LogP contribution in [0.2, 0.25) is 5.02 Å². The number of benzene rings is 1. The van der Waals surface area contributed by atoms with E-state index in [0.29, 0.717) is 39.0 Å². The topological polar surface area (TPSA) is 81.3 Å². The standard InChI is InChI=1S/C21H16ClN3O3/c1-27-21-16(5-3-11-24-21)20-17(19(26)14-4-2-10-23-12-14)18(25-28-20)13-6-8-15(22)9-7-13/h2-12,19,26H,1H3. The molecule has 0 aliphatic rings. The average Bonchev–Trinajstić information content (AvgIpc) is 3.19. The summed E-state index contributed by atoms with van der Waals surface area (Å²) in [5.74, 6) is 0.757. The van der Waals surface area contributed by atoms with E-state index in [9.17, 15) is 5.11 Å². The Balaban J connectivity index is 1.93. The van der Waals surface area contributed by atoms with Crippen LogP contribution < -0.4 is 4.74 Å². The van der Waals surface area contributed by atoms with Crippen molar-refractivity contribution in [3.63, 3.8) is 0 Å². The lowest BCUT2D eigenvalue weighted by molar-refractivity contribution is 0.220. The predicted molar refractivity (Wildman–Crippen MR) is 105 cm³/mol. The molecule has 28 heavy (non-hydrogen) atoms. The van der Waals surface area contributed by atoms with E-state index >= 15 is 0 Å². The summed E-state index contributed by atoms with van der Waals surface area (Å²) in [6, 6.07) is 14.3. The van der Waals surface area contributed by atoms with Crippen LogP contribution in [-0.4, -0.2) is 27.3 Å². The Morgan fingerprint density at radius 1 is 1.07 bits per heavy atom. The van der Waals surface area contributed by atoms with E-state index in [-0.39, 0.29) is 0 Å². The molecule has 0 aliphatic heterocycles. The van der Waals surface area contributed by atoms with Crippen molar-refractivity contribution in [3.05, 3.63) is 83.3 Å². The molecule has 3 heterocycles. The smallest absolute Gasteiger partial charge is 0.224 e. The van der Waals surface area contributed by atoms with Gasteiger partial charge in [0.05, 0.1) is 18.2 Å². The van der Waals surface area contributed by atoms with Gasteiger partial charge in [0.15, 0.2) is 5.76 Å². The van der Waals surface area contributed by atoms with Crippen LogP contribution in [0.3, 0.4) is 0 Å². The zero-order valence-electron chi connectivity index (χ0n) is 14.9. The molecule has 1 atom stereocenters. The van der Waals surface area contributed by atoms with E-state index < -0.39 is 6.10 Å². The maximum Gasteiger partial charge on any atom is 0.224 e. The van der Waals surface area contributed by atoms with Gasteiger partial charge in [-0.15, -0.1) is 0 Å². The van der Waals surface area contributed by atoms with Crippen molar-refractivity contribution in [3.8, 4) is 28.5 Å². The number of hydrogen-bond donors (Lipinski definition) is 1. The maximum absolute atomic E-state index is 11.2. The molecule has 0 radical (unpaired) electrons. The first-order chi connectivity index (χ1) is 13.7. The minimum atomic E-state index is -1.01. The van der Waals surface area contributed by atoms with E-state index in [1.54, 1.807) is 55.0 Å². The number of halogens is 1. The number of methoxy groups -OCH3 is 1. The van der Waals surface area contributed by atoms with Gasteiger partial charge in [-0.2, -0.15) is 0 Å². The van der Waals surface area contributed by atoms with E-state index in [4.69, 9.17) is 20.9 Å². The first-order valence-corrected chi connectivity index (χ1v) is 8.89. The molecule has 0 saturated carbocycles. The van der Waals surface area contributed by atoms with Gasteiger partial charge in [0.25, 0.3) is 0 Å². The highest BCUT2D eigenvalue weighted by Gasteiger charge is 2.28. The SMILES string of the molecule is COc1ncccc1-c1onc(-c2ccc(Cl)cc2)c1C(O)c1cccnc1. The number of aliphatic hydroxyl groups excluding tert-OH is 1. The van der Waals surface area contributed by atoms with Gasteiger partial charge in [-0.1, -0.05) is 35.0 Å². The van der Waals surface area contributed by atoms with Crippen LogP contribution in [0.15, 0.2) is 71.6 Å². The molecule has 3 aromatic heterocycles. The summed E-state index contributed by atoms with van der Waals surface area (Å²) in [5, 5.41) is 16.0. The molecule has 0 saturated heterocycles. The third-order valence-corrected chi connectivity index (χ3v) is 4.58. The Hall–Kier alpha value is -3.22. The number of ether oxygens (including phenoxy) is 1. The van der Waals surface area contributed by atoms with Gasteiger partial charge >= 0.3 is 0 Å². The normalized spacial score (nSPS) is 12.0. The van der Waals surface area contributed by atoms with Gasteiger partial charge in [0, 0.05) is 34.7 Å². The molecular weight excluding hydrogens is 378 g/mol. The van der Waals surface area contributed by atoms with Gasteiger partial charge in [-0.25, -0.2) is 4.98 Å². The fourth-order valence-corrected chi connectivity index (χ4v) is 3.12. The highest BCUT2D eigenvalue weighted by Crippen LogP contribution is 2.41. The second-order valence-electron chi connectivity index (χ2n) is 6.03. The van der Waals surface area contributed by atoms with Crippen LogP contribution in [0.4, 0.5) is 0 Å². The van der Waals surface area contributed by atoms with Gasteiger partial charge < -0.3 is 14.4 Å². The summed E-state index contributed by atoms with van der Waals surface area (Å²) in [4.78, 5) is 8.32. The van der Waals surface area contributed by atoms with Crippen molar-refractivity contribution < 1.29 is 14.4 Å². The van der Waals surface area contributed by atoms with Crippen LogP contribution in [0.5, 0.6) is 5.88 Å². The molecule has 0 spiro atoms. The first-order valence-electron chi connectivity index (χ1n) is 8.52. The van der Waals surface area contributed by atoms with Crippen molar-refractivity contribution in [2.45, 2.75) is 6.10 Å². The highest BCUT2D eigenvalue weighted by molar-refractivity contribution is 6.30. The summed E-state index contributed by atoms with van der Waals surface area (Å²) in [6.07, 6.45) is 3.86. The number of hydrogen-bond acceptors (Lipinski definition) is 6. The summed E-state index contributed by atoms with van der Waals surface area (Å²) in [6.45, 7) is 0. The van der Waals surface area contributed by atoms with Crippen LogP contribution in [0.1, 0.15) is 17.2 Å². The van der Waals surface area contributed by atoms with Crippen LogP contribution in [0, 0.1) is 0 Å².